The van der Waals surface area contributed by atoms with Crippen LogP contribution in [0.4, 0.5) is 0 Å². The van der Waals surface area contributed by atoms with Gasteiger partial charge in [0, 0.05) is 12.8 Å². The summed E-state index contributed by atoms with van der Waals surface area (Å²) < 4.78 is 16.8. The highest BCUT2D eigenvalue weighted by Crippen LogP contribution is 2.17. The minimum atomic E-state index is -0.823. The molecule has 6 heteroatoms. The van der Waals surface area contributed by atoms with Crippen LogP contribution < -0.4 is 0 Å². The van der Waals surface area contributed by atoms with Crippen LogP contribution in [0.3, 0.4) is 0 Å². The molecule has 1 atom stereocenters. The fourth-order valence-electron chi connectivity index (χ4n) is 9.12. The van der Waals surface area contributed by atoms with Gasteiger partial charge in [-0.3, -0.25) is 14.4 Å². The van der Waals surface area contributed by atoms with Gasteiger partial charge in [-0.1, -0.05) is 311 Å². The van der Waals surface area contributed by atoms with Crippen molar-refractivity contribution in [3.8, 4) is 0 Å². The Labute approximate surface area is 470 Å². The Morgan fingerprint density at radius 3 is 0.921 bits per heavy atom. The van der Waals surface area contributed by atoms with E-state index in [4.69, 9.17) is 14.2 Å². The number of hydrogen-bond donors (Lipinski definition) is 0. The van der Waals surface area contributed by atoms with E-state index in [9.17, 15) is 14.4 Å². The first-order valence-electron chi connectivity index (χ1n) is 32.2. The molecule has 0 saturated carbocycles. The van der Waals surface area contributed by atoms with Gasteiger partial charge in [0.05, 0.1) is 6.42 Å². The van der Waals surface area contributed by atoms with Crippen molar-refractivity contribution in [2.45, 2.75) is 316 Å². The third-order valence-electron chi connectivity index (χ3n) is 13.9. The van der Waals surface area contributed by atoms with E-state index in [2.05, 4.69) is 106 Å². The standard InChI is InChI=1S/C70H120O6/c1-4-7-10-13-16-19-22-25-28-30-31-32-33-34-35-36-37-38-40-42-45-48-51-54-57-60-63-69(72)75-66-67(65-74-68(71)62-59-56-53-50-47-44-41-27-24-21-18-15-12-9-6-3)76-70(73)64-61-58-55-52-49-46-43-39-29-26-23-20-17-14-11-8-5-2/h8-9,11-12,17-18,20-21,26-27,29,41,47,50,56,59,67H,4-7,10,13-16,19,22-25,28,30-40,42-46,48-49,51-55,57-58,60-66H2,1-3H3/b11-8-,12-9-,20-17-,21-18-,29-26-,41-27-,50-47-,59-56-. The molecule has 0 aromatic carbocycles. The molecule has 0 rings (SSSR count). The van der Waals surface area contributed by atoms with Crippen molar-refractivity contribution >= 4 is 17.9 Å². The molecule has 76 heavy (non-hydrogen) atoms. The Morgan fingerprint density at radius 2 is 0.566 bits per heavy atom. The van der Waals surface area contributed by atoms with Crippen molar-refractivity contribution in [3.63, 3.8) is 0 Å². The van der Waals surface area contributed by atoms with Crippen LogP contribution in [0.5, 0.6) is 0 Å². The largest absolute Gasteiger partial charge is 0.462 e. The van der Waals surface area contributed by atoms with Crippen LogP contribution in [-0.2, 0) is 28.6 Å². The zero-order chi connectivity index (χ0) is 55.0. The fraction of sp³-hybridized carbons (Fsp3) is 0.729. The summed E-state index contributed by atoms with van der Waals surface area (Å²) in [5.41, 5.74) is 0. The highest BCUT2D eigenvalue weighted by atomic mass is 16.6. The van der Waals surface area contributed by atoms with Gasteiger partial charge in [-0.25, -0.2) is 0 Å². The average molecular weight is 1060 g/mol. The maximum Gasteiger partial charge on any atom is 0.309 e. The quantitative estimate of drug-likeness (QED) is 0.0261. The summed E-state index contributed by atoms with van der Waals surface area (Å²) in [6, 6.07) is 0. The normalized spacial score (nSPS) is 12.7. The van der Waals surface area contributed by atoms with Crippen LogP contribution in [-0.4, -0.2) is 37.2 Å². The maximum absolute atomic E-state index is 12.9. The second-order valence-electron chi connectivity index (χ2n) is 21.3. The topological polar surface area (TPSA) is 78.9 Å². The molecular weight excluding hydrogens is 937 g/mol. The monoisotopic (exact) mass is 1060 g/mol. The molecule has 0 N–H and O–H groups in total. The smallest absolute Gasteiger partial charge is 0.309 e. The predicted octanol–water partition coefficient (Wildman–Crippen LogP) is 22.0. The molecule has 0 bridgehead atoms. The van der Waals surface area contributed by atoms with E-state index in [1.807, 2.05) is 6.08 Å². The first-order chi connectivity index (χ1) is 37.5. The van der Waals surface area contributed by atoms with Crippen LogP contribution in [0.15, 0.2) is 97.2 Å². The molecule has 1 unspecified atom stereocenters. The van der Waals surface area contributed by atoms with Gasteiger partial charge >= 0.3 is 17.9 Å². The lowest BCUT2D eigenvalue weighted by atomic mass is 10.0. The Kier molecular flexibility index (Phi) is 60.8. The van der Waals surface area contributed by atoms with Gasteiger partial charge in [-0.15, -0.1) is 0 Å². The molecule has 6 nitrogen and oxygen atoms in total. The summed E-state index contributed by atoms with van der Waals surface area (Å²) in [6.07, 6.45) is 86.0. The number of unbranched alkanes of at least 4 members (excludes halogenated alkanes) is 32. The lowest BCUT2D eigenvalue weighted by molar-refractivity contribution is -0.166. The van der Waals surface area contributed by atoms with E-state index >= 15 is 0 Å². The highest BCUT2D eigenvalue weighted by Gasteiger charge is 2.19. The maximum atomic E-state index is 12.9. The lowest BCUT2D eigenvalue weighted by Gasteiger charge is -2.18. The van der Waals surface area contributed by atoms with Gasteiger partial charge in [-0.2, -0.15) is 0 Å². The number of carbonyl (C=O) groups excluding carboxylic acids is 3. The van der Waals surface area contributed by atoms with Gasteiger partial charge < -0.3 is 14.2 Å². The van der Waals surface area contributed by atoms with E-state index in [1.54, 1.807) is 6.08 Å². The second kappa shape index (κ2) is 63.9. The fourth-order valence-corrected chi connectivity index (χ4v) is 9.12. The number of rotatable bonds is 58. The number of esters is 3. The molecule has 0 aromatic heterocycles. The first kappa shape index (κ1) is 72.3. The number of ether oxygens (including phenoxy) is 3. The molecule has 0 amide bonds. The summed E-state index contributed by atoms with van der Waals surface area (Å²) in [6.45, 7) is 6.35. The predicted molar refractivity (Wildman–Crippen MR) is 330 cm³/mol. The van der Waals surface area contributed by atoms with E-state index < -0.39 is 12.1 Å². The summed E-state index contributed by atoms with van der Waals surface area (Å²) in [5.74, 6) is -1.04. The molecule has 0 spiro atoms. The lowest BCUT2D eigenvalue weighted by Crippen LogP contribution is -2.30. The minimum Gasteiger partial charge on any atom is -0.462 e. The Bertz CT molecular complexity index is 1490. The number of hydrogen-bond acceptors (Lipinski definition) is 6. The third-order valence-corrected chi connectivity index (χ3v) is 13.9. The second-order valence-corrected chi connectivity index (χ2v) is 21.3. The molecule has 0 heterocycles. The van der Waals surface area contributed by atoms with Crippen molar-refractivity contribution < 1.29 is 28.6 Å². The average Bonchev–Trinajstić information content (AvgIpc) is 3.42. The molecule has 0 aromatic rings. The van der Waals surface area contributed by atoms with E-state index in [0.29, 0.717) is 12.8 Å². The van der Waals surface area contributed by atoms with E-state index in [0.717, 1.165) is 96.3 Å². The zero-order valence-corrected chi connectivity index (χ0v) is 50.0. The van der Waals surface area contributed by atoms with Crippen LogP contribution in [0.25, 0.3) is 0 Å². The first-order valence-corrected chi connectivity index (χ1v) is 32.2. The molecule has 0 aliphatic rings. The zero-order valence-electron chi connectivity index (χ0n) is 50.0. The van der Waals surface area contributed by atoms with Crippen LogP contribution in [0, 0.1) is 0 Å². The Hall–Kier alpha value is -3.67. The summed E-state index contributed by atoms with van der Waals surface area (Å²) in [5, 5.41) is 0. The van der Waals surface area contributed by atoms with E-state index in [1.165, 1.54) is 173 Å². The number of allylic oxidation sites excluding steroid dienone is 15. The summed E-state index contributed by atoms with van der Waals surface area (Å²) in [7, 11) is 0. The van der Waals surface area contributed by atoms with Gasteiger partial charge in [-0.05, 0) is 77.0 Å². The molecule has 436 valence electrons. The number of carbonyl (C=O) groups is 3. The van der Waals surface area contributed by atoms with Crippen molar-refractivity contribution in [1.82, 2.24) is 0 Å². The summed E-state index contributed by atoms with van der Waals surface area (Å²) in [4.78, 5) is 38.2. The van der Waals surface area contributed by atoms with Crippen molar-refractivity contribution in [2.75, 3.05) is 13.2 Å². The Morgan fingerprint density at radius 1 is 0.289 bits per heavy atom. The van der Waals surface area contributed by atoms with Crippen LogP contribution >= 0.6 is 0 Å². The van der Waals surface area contributed by atoms with Crippen molar-refractivity contribution in [2.24, 2.45) is 0 Å². The molecule has 0 aliphatic carbocycles. The molecule has 0 fully saturated rings. The van der Waals surface area contributed by atoms with Gasteiger partial charge in [0.25, 0.3) is 0 Å². The van der Waals surface area contributed by atoms with Gasteiger partial charge in [0.2, 0.25) is 0 Å². The molecule has 0 radical (unpaired) electrons. The third kappa shape index (κ3) is 61.2. The molecule has 0 aliphatic heterocycles. The van der Waals surface area contributed by atoms with Crippen molar-refractivity contribution in [1.29, 1.82) is 0 Å². The van der Waals surface area contributed by atoms with Gasteiger partial charge in [0.15, 0.2) is 6.10 Å². The van der Waals surface area contributed by atoms with Crippen molar-refractivity contribution in [3.05, 3.63) is 97.2 Å². The van der Waals surface area contributed by atoms with E-state index in [-0.39, 0.29) is 31.6 Å². The van der Waals surface area contributed by atoms with Crippen LogP contribution in [0.2, 0.25) is 0 Å². The molecular formula is C70H120O6. The Balaban J connectivity index is 4.34. The molecule has 0 saturated heterocycles. The van der Waals surface area contributed by atoms with Gasteiger partial charge in [0.1, 0.15) is 13.2 Å². The SMILES string of the molecule is CC/C=C\C/C=C\C/C=C\C/C=C\C/C=C\CC(=O)OCC(COC(=O)CCCCCCCCCCCCCCCCCCCCCCCCCCCC)OC(=O)CCCCCCCCC/C=C\C/C=C\C/C=C\CC. The summed E-state index contributed by atoms with van der Waals surface area (Å²) >= 11 is 0. The highest BCUT2D eigenvalue weighted by molar-refractivity contribution is 5.72. The minimum absolute atomic E-state index is 0.110. The van der Waals surface area contributed by atoms with Crippen LogP contribution in [0.1, 0.15) is 310 Å².